The van der Waals surface area contributed by atoms with Crippen LogP contribution in [0.15, 0.2) is 66.0 Å². The van der Waals surface area contributed by atoms with Gasteiger partial charge in [-0.1, -0.05) is 36.4 Å². The van der Waals surface area contributed by atoms with Gasteiger partial charge in [0.05, 0.1) is 4.88 Å². The van der Waals surface area contributed by atoms with E-state index in [1.54, 1.807) is 23.1 Å². The fourth-order valence-corrected chi connectivity index (χ4v) is 3.72. The number of amides is 3. The lowest BCUT2D eigenvalue weighted by Gasteiger charge is -2.21. The van der Waals surface area contributed by atoms with Crippen molar-refractivity contribution in [1.82, 2.24) is 10.2 Å². The van der Waals surface area contributed by atoms with Gasteiger partial charge in [-0.25, -0.2) is 0 Å². The molecule has 0 spiro atoms. The predicted molar refractivity (Wildman–Crippen MR) is 123 cm³/mol. The van der Waals surface area contributed by atoms with Crippen molar-refractivity contribution in [2.24, 2.45) is 0 Å². The summed E-state index contributed by atoms with van der Waals surface area (Å²) >= 11 is 1.39. The third-order valence-electron chi connectivity index (χ3n) is 4.87. The summed E-state index contributed by atoms with van der Waals surface area (Å²) < 4.78 is 0. The van der Waals surface area contributed by atoms with E-state index in [1.807, 2.05) is 54.8 Å². The van der Waals surface area contributed by atoms with Crippen molar-refractivity contribution in [1.29, 1.82) is 0 Å². The molecule has 3 rings (SSSR count). The normalized spacial score (nSPS) is 10.4. The average Bonchev–Trinajstić information content (AvgIpc) is 3.32. The Morgan fingerprint density at radius 1 is 0.935 bits per heavy atom. The fraction of sp³-hybridized carbons (Fsp3) is 0.208. The number of hydrogen-bond donors (Lipinski definition) is 2. The second kappa shape index (κ2) is 10.5. The van der Waals surface area contributed by atoms with E-state index in [9.17, 15) is 14.4 Å². The summed E-state index contributed by atoms with van der Waals surface area (Å²) in [6, 6.07) is 18.2. The first-order valence-electron chi connectivity index (χ1n) is 10.0. The molecule has 0 aliphatic heterocycles. The van der Waals surface area contributed by atoms with Crippen LogP contribution in [0.2, 0.25) is 0 Å². The van der Waals surface area contributed by atoms with E-state index in [-0.39, 0.29) is 17.7 Å². The summed E-state index contributed by atoms with van der Waals surface area (Å²) in [6.07, 6.45) is 0. The van der Waals surface area contributed by atoms with E-state index in [2.05, 4.69) is 10.6 Å². The summed E-state index contributed by atoms with van der Waals surface area (Å²) in [6.45, 7) is 4.88. The lowest BCUT2D eigenvalue weighted by Crippen LogP contribution is -2.28. The molecule has 1 aromatic heterocycles. The molecule has 160 valence electrons. The SMILES string of the molecule is CCN(Cc1ccccc1NC(=O)c1ccc(CNC(=O)c2cccs2)cc1)C(C)=O. The highest BCUT2D eigenvalue weighted by atomic mass is 32.1. The van der Waals surface area contributed by atoms with Crippen LogP contribution in [-0.2, 0) is 17.9 Å². The Bertz CT molecular complexity index is 1050. The van der Waals surface area contributed by atoms with Crippen molar-refractivity contribution >= 4 is 34.7 Å². The molecule has 0 saturated heterocycles. The largest absolute Gasteiger partial charge is 0.347 e. The summed E-state index contributed by atoms with van der Waals surface area (Å²) in [7, 11) is 0. The van der Waals surface area contributed by atoms with E-state index in [0.29, 0.717) is 35.8 Å². The molecule has 0 radical (unpaired) electrons. The van der Waals surface area contributed by atoms with Gasteiger partial charge in [0.1, 0.15) is 0 Å². The molecule has 2 aromatic carbocycles. The third kappa shape index (κ3) is 6.02. The zero-order valence-electron chi connectivity index (χ0n) is 17.6. The number of nitrogens with one attached hydrogen (secondary N) is 2. The van der Waals surface area contributed by atoms with Gasteiger partial charge in [-0.15, -0.1) is 11.3 Å². The molecule has 0 aliphatic carbocycles. The standard InChI is InChI=1S/C24H25N3O3S/c1-3-27(17(2)28)16-20-7-4-5-8-21(20)26-23(29)19-12-10-18(11-13-19)15-25-24(30)22-9-6-14-31-22/h4-14H,3,15-16H2,1-2H3,(H,25,30)(H,26,29). The molecular weight excluding hydrogens is 410 g/mol. The maximum absolute atomic E-state index is 12.7. The monoisotopic (exact) mass is 435 g/mol. The van der Waals surface area contributed by atoms with Crippen molar-refractivity contribution in [2.75, 3.05) is 11.9 Å². The molecule has 1 heterocycles. The molecule has 0 fully saturated rings. The second-order valence-corrected chi connectivity index (χ2v) is 7.95. The molecule has 31 heavy (non-hydrogen) atoms. The van der Waals surface area contributed by atoms with Gasteiger partial charge >= 0.3 is 0 Å². The molecule has 3 amide bonds. The predicted octanol–water partition coefficient (Wildman–Crippen LogP) is 4.30. The number of rotatable bonds is 8. The average molecular weight is 436 g/mol. The lowest BCUT2D eigenvalue weighted by atomic mass is 10.1. The summed E-state index contributed by atoms with van der Waals surface area (Å²) in [5.41, 5.74) is 2.98. The Morgan fingerprint density at radius 3 is 2.32 bits per heavy atom. The molecule has 6 nitrogen and oxygen atoms in total. The van der Waals surface area contributed by atoms with E-state index < -0.39 is 0 Å². The van der Waals surface area contributed by atoms with Crippen molar-refractivity contribution in [3.8, 4) is 0 Å². The first-order valence-corrected chi connectivity index (χ1v) is 10.9. The van der Waals surface area contributed by atoms with E-state index in [4.69, 9.17) is 0 Å². The summed E-state index contributed by atoms with van der Waals surface area (Å²) in [4.78, 5) is 38.9. The highest BCUT2D eigenvalue weighted by Gasteiger charge is 2.13. The zero-order chi connectivity index (χ0) is 22.2. The highest BCUT2D eigenvalue weighted by Crippen LogP contribution is 2.19. The number of hydrogen-bond acceptors (Lipinski definition) is 4. The Morgan fingerprint density at radius 2 is 1.68 bits per heavy atom. The maximum atomic E-state index is 12.7. The number of benzene rings is 2. The van der Waals surface area contributed by atoms with Crippen LogP contribution in [0.1, 0.15) is 45.0 Å². The van der Waals surface area contributed by atoms with Gasteiger partial charge in [-0.2, -0.15) is 0 Å². The minimum atomic E-state index is -0.229. The van der Waals surface area contributed by atoms with Gasteiger partial charge in [0.2, 0.25) is 5.91 Å². The maximum Gasteiger partial charge on any atom is 0.261 e. The van der Waals surface area contributed by atoms with Gasteiger partial charge in [0, 0.05) is 37.8 Å². The number of carbonyl (C=O) groups is 3. The van der Waals surface area contributed by atoms with Gasteiger partial charge in [-0.3, -0.25) is 14.4 Å². The topological polar surface area (TPSA) is 78.5 Å². The molecule has 0 aliphatic rings. The van der Waals surface area contributed by atoms with E-state index in [0.717, 1.165) is 11.1 Å². The third-order valence-corrected chi connectivity index (χ3v) is 5.74. The Balaban J connectivity index is 1.62. The van der Waals surface area contributed by atoms with Gasteiger partial charge in [-0.05, 0) is 47.7 Å². The van der Waals surface area contributed by atoms with Gasteiger partial charge in [0.25, 0.3) is 11.8 Å². The highest BCUT2D eigenvalue weighted by molar-refractivity contribution is 7.12. The van der Waals surface area contributed by atoms with Crippen molar-refractivity contribution in [3.05, 3.63) is 87.6 Å². The fourth-order valence-electron chi connectivity index (χ4n) is 3.08. The van der Waals surface area contributed by atoms with Crippen molar-refractivity contribution in [3.63, 3.8) is 0 Å². The van der Waals surface area contributed by atoms with E-state index in [1.165, 1.54) is 18.3 Å². The lowest BCUT2D eigenvalue weighted by molar-refractivity contribution is -0.129. The van der Waals surface area contributed by atoms with Crippen LogP contribution < -0.4 is 10.6 Å². The van der Waals surface area contributed by atoms with Crippen LogP contribution in [0, 0.1) is 0 Å². The van der Waals surface area contributed by atoms with Crippen LogP contribution in [0.3, 0.4) is 0 Å². The van der Waals surface area contributed by atoms with Crippen molar-refractivity contribution < 1.29 is 14.4 Å². The molecule has 7 heteroatoms. The summed E-state index contributed by atoms with van der Waals surface area (Å²) in [5, 5.41) is 7.67. The second-order valence-electron chi connectivity index (χ2n) is 7.00. The molecule has 0 bridgehead atoms. The first-order chi connectivity index (χ1) is 15.0. The Labute approximate surface area is 185 Å². The Hall–Kier alpha value is -3.45. The van der Waals surface area contributed by atoms with Crippen molar-refractivity contribution in [2.45, 2.75) is 26.9 Å². The zero-order valence-corrected chi connectivity index (χ0v) is 18.4. The minimum absolute atomic E-state index is 0.00890. The van der Waals surface area contributed by atoms with Crippen LogP contribution >= 0.6 is 11.3 Å². The number of carbonyl (C=O) groups excluding carboxylic acids is 3. The van der Waals surface area contributed by atoms with Crippen LogP contribution in [0.4, 0.5) is 5.69 Å². The molecular formula is C24H25N3O3S. The quantitative estimate of drug-likeness (QED) is 0.554. The molecule has 0 saturated carbocycles. The van der Waals surface area contributed by atoms with Crippen LogP contribution in [0.25, 0.3) is 0 Å². The number of para-hydroxylation sites is 1. The number of thiophene rings is 1. The number of anilines is 1. The Kier molecular flexibility index (Phi) is 7.56. The molecule has 3 aromatic rings. The van der Waals surface area contributed by atoms with Gasteiger partial charge in [0.15, 0.2) is 0 Å². The first kappa shape index (κ1) is 22.2. The molecule has 2 N–H and O–H groups in total. The number of nitrogens with zero attached hydrogens (tertiary/aromatic N) is 1. The minimum Gasteiger partial charge on any atom is -0.347 e. The smallest absolute Gasteiger partial charge is 0.261 e. The van der Waals surface area contributed by atoms with E-state index >= 15 is 0 Å². The molecule has 0 unspecified atom stereocenters. The molecule has 0 atom stereocenters. The summed E-state index contributed by atoms with van der Waals surface area (Å²) in [5.74, 6) is -0.349. The van der Waals surface area contributed by atoms with Crippen LogP contribution in [0.5, 0.6) is 0 Å². The van der Waals surface area contributed by atoms with Crippen LogP contribution in [-0.4, -0.2) is 29.2 Å². The van der Waals surface area contributed by atoms with Gasteiger partial charge < -0.3 is 15.5 Å².